The van der Waals surface area contributed by atoms with Crippen molar-refractivity contribution in [2.75, 3.05) is 14.2 Å². The highest BCUT2D eigenvalue weighted by Crippen LogP contribution is 2.33. The lowest BCUT2D eigenvalue weighted by Gasteiger charge is -2.20. The predicted octanol–water partition coefficient (Wildman–Crippen LogP) is 2.72. The van der Waals surface area contributed by atoms with Crippen molar-refractivity contribution >= 4 is 39.4 Å². The first-order chi connectivity index (χ1) is 13.3. The van der Waals surface area contributed by atoms with Crippen LogP contribution in [0.5, 0.6) is 11.5 Å². The molecule has 0 aliphatic carbocycles. The number of phenolic OH excluding ortho intramolecular Hbond substituents is 1. The third-order valence-electron chi connectivity index (χ3n) is 4.08. The molecule has 0 heterocycles. The SMILES string of the molecule is COC(=O)[C@H](Cc1cc(Cl)c(O)c(Br)c1)NC(=O)[C@H](N)c1ccc(OC)cc1. The van der Waals surface area contributed by atoms with Gasteiger partial charge in [-0.2, -0.15) is 0 Å². The minimum atomic E-state index is -0.979. The first-order valence-corrected chi connectivity index (χ1v) is 9.38. The first kappa shape index (κ1) is 22.0. The number of amides is 1. The van der Waals surface area contributed by atoms with Crippen LogP contribution in [0.25, 0.3) is 0 Å². The Kier molecular flexibility index (Phi) is 7.68. The number of esters is 1. The van der Waals surface area contributed by atoms with E-state index >= 15 is 0 Å². The molecule has 2 aromatic rings. The number of methoxy groups -OCH3 is 2. The molecule has 9 heteroatoms. The van der Waals surface area contributed by atoms with E-state index < -0.39 is 24.0 Å². The second-order valence-corrected chi connectivity index (χ2v) is 7.21. The summed E-state index contributed by atoms with van der Waals surface area (Å²) >= 11 is 9.15. The average molecular weight is 472 g/mol. The average Bonchev–Trinajstić information content (AvgIpc) is 2.70. The normalized spacial score (nSPS) is 12.8. The fraction of sp³-hybridized carbons (Fsp3) is 0.263. The molecule has 0 bridgehead atoms. The first-order valence-electron chi connectivity index (χ1n) is 8.21. The van der Waals surface area contributed by atoms with Gasteiger partial charge in [-0.3, -0.25) is 4.79 Å². The lowest BCUT2D eigenvalue weighted by Crippen LogP contribution is -2.46. The van der Waals surface area contributed by atoms with Crippen LogP contribution in [0.15, 0.2) is 40.9 Å². The van der Waals surface area contributed by atoms with Crippen molar-refractivity contribution in [2.45, 2.75) is 18.5 Å². The largest absolute Gasteiger partial charge is 0.505 e. The maximum atomic E-state index is 12.6. The summed E-state index contributed by atoms with van der Waals surface area (Å²) in [6.45, 7) is 0. The van der Waals surface area contributed by atoms with Crippen LogP contribution in [0.1, 0.15) is 17.2 Å². The van der Waals surface area contributed by atoms with Gasteiger partial charge in [-0.25, -0.2) is 4.79 Å². The van der Waals surface area contributed by atoms with Gasteiger partial charge >= 0.3 is 5.97 Å². The summed E-state index contributed by atoms with van der Waals surface area (Å²) in [6.07, 6.45) is 0.104. The maximum absolute atomic E-state index is 12.6. The molecule has 7 nitrogen and oxygen atoms in total. The van der Waals surface area contributed by atoms with Crippen LogP contribution in [0, 0.1) is 0 Å². The van der Waals surface area contributed by atoms with E-state index in [0.717, 1.165) is 0 Å². The number of aromatic hydroxyl groups is 1. The van der Waals surface area contributed by atoms with Crippen molar-refractivity contribution in [3.05, 3.63) is 57.0 Å². The molecular formula is C19H20BrClN2O5. The lowest BCUT2D eigenvalue weighted by molar-refractivity contribution is -0.145. The second-order valence-electron chi connectivity index (χ2n) is 5.95. The maximum Gasteiger partial charge on any atom is 0.328 e. The Hall–Kier alpha value is -2.29. The zero-order chi connectivity index (χ0) is 20.8. The lowest BCUT2D eigenvalue weighted by atomic mass is 10.0. The number of nitrogens with one attached hydrogen (secondary N) is 1. The highest BCUT2D eigenvalue weighted by atomic mass is 79.9. The predicted molar refractivity (Wildman–Crippen MR) is 108 cm³/mol. The van der Waals surface area contributed by atoms with Crippen molar-refractivity contribution in [2.24, 2.45) is 5.73 Å². The standard InChI is InChI=1S/C19H20BrClN2O5/c1-27-12-5-3-11(4-6-12)16(22)18(25)23-15(19(26)28-2)9-10-7-13(20)17(24)14(21)8-10/h3-8,15-16,24H,9,22H2,1-2H3,(H,23,25)/t15-,16+/m0/s1. The summed E-state index contributed by atoms with van der Waals surface area (Å²) in [5.74, 6) is -0.635. The highest BCUT2D eigenvalue weighted by molar-refractivity contribution is 9.10. The van der Waals surface area contributed by atoms with Gasteiger partial charge in [0.15, 0.2) is 0 Å². The van der Waals surface area contributed by atoms with Gasteiger partial charge in [0, 0.05) is 6.42 Å². The molecule has 28 heavy (non-hydrogen) atoms. The summed E-state index contributed by atoms with van der Waals surface area (Å²) < 4.78 is 10.2. The molecule has 4 N–H and O–H groups in total. The van der Waals surface area contributed by atoms with E-state index in [2.05, 4.69) is 21.2 Å². The van der Waals surface area contributed by atoms with E-state index in [1.54, 1.807) is 30.3 Å². The van der Waals surface area contributed by atoms with Gasteiger partial charge in [0.2, 0.25) is 5.91 Å². The summed E-state index contributed by atoms with van der Waals surface area (Å²) in [7, 11) is 2.77. The Morgan fingerprint density at radius 1 is 1.25 bits per heavy atom. The second kappa shape index (κ2) is 9.77. The van der Waals surface area contributed by atoms with Crippen LogP contribution in [0.3, 0.4) is 0 Å². The smallest absolute Gasteiger partial charge is 0.328 e. The van der Waals surface area contributed by atoms with E-state index in [0.29, 0.717) is 21.3 Å². The quantitative estimate of drug-likeness (QED) is 0.536. The Labute approximate surface area is 175 Å². The molecule has 0 fully saturated rings. The van der Waals surface area contributed by atoms with E-state index in [4.69, 9.17) is 26.8 Å². The number of hydrogen-bond donors (Lipinski definition) is 3. The highest BCUT2D eigenvalue weighted by Gasteiger charge is 2.26. The number of ether oxygens (including phenoxy) is 2. The van der Waals surface area contributed by atoms with Crippen molar-refractivity contribution in [3.63, 3.8) is 0 Å². The molecular weight excluding hydrogens is 452 g/mol. The molecule has 0 aliphatic rings. The van der Waals surface area contributed by atoms with Crippen molar-refractivity contribution in [3.8, 4) is 11.5 Å². The van der Waals surface area contributed by atoms with Gasteiger partial charge in [-0.15, -0.1) is 0 Å². The van der Waals surface area contributed by atoms with Gasteiger partial charge in [-0.1, -0.05) is 23.7 Å². The summed E-state index contributed by atoms with van der Waals surface area (Å²) in [5.41, 5.74) is 7.20. The number of phenols is 1. The van der Waals surface area contributed by atoms with Gasteiger partial charge in [-0.05, 0) is 51.3 Å². The van der Waals surface area contributed by atoms with Crippen LogP contribution in [0.4, 0.5) is 0 Å². The summed E-state index contributed by atoms with van der Waals surface area (Å²) in [4.78, 5) is 24.7. The minimum Gasteiger partial charge on any atom is -0.505 e. The molecule has 0 spiro atoms. The molecule has 2 rings (SSSR count). The summed E-state index contributed by atoms with van der Waals surface area (Å²) in [5, 5.41) is 12.5. The minimum absolute atomic E-state index is 0.104. The van der Waals surface area contributed by atoms with E-state index in [9.17, 15) is 14.7 Å². The van der Waals surface area contributed by atoms with Crippen LogP contribution in [-0.2, 0) is 20.7 Å². The molecule has 0 aromatic heterocycles. The zero-order valence-electron chi connectivity index (χ0n) is 15.2. The van der Waals surface area contributed by atoms with E-state index in [1.807, 2.05) is 0 Å². The summed E-state index contributed by atoms with van der Waals surface area (Å²) in [6, 6.07) is 7.88. The fourth-order valence-electron chi connectivity index (χ4n) is 2.53. The molecule has 2 aromatic carbocycles. The number of carbonyl (C=O) groups is 2. The number of nitrogens with two attached hydrogens (primary N) is 1. The van der Waals surface area contributed by atoms with Crippen LogP contribution >= 0.6 is 27.5 Å². The molecule has 0 saturated carbocycles. The molecule has 150 valence electrons. The Bertz CT molecular complexity index is 837. The number of carbonyl (C=O) groups excluding carboxylic acids is 2. The number of halogens is 2. The number of hydrogen-bond acceptors (Lipinski definition) is 6. The van der Waals surface area contributed by atoms with Crippen molar-refractivity contribution in [1.82, 2.24) is 5.32 Å². The number of rotatable bonds is 7. The molecule has 2 atom stereocenters. The van der Waals surface area contributed by atoms with Crippen LogP contribution in [-0.4, -0.2) is 37.2 Å². The topological polar surface area (TPSA) is 111 Å². The van der Waals surface area contributed by atoms with Crippen LogP contribution < -0.4 is 15.8 Å². The molecule has 1 amide bonds. The van der Waals surface area contributed by atoms with Crippen molar-refractivity contribution in [1.29, 1.82) is 0 Å². The molecule has 0 radical (unpaired) electrons. The molecule has 0 saturated heterocycles. The van der Waals surface area contributed by atoms with E-state index in [-0.39, 0.29) is 17.2 Å². The van der Waals surface area contributed by atoms with Gasteiger partial charge in [0.05, 0.1) is 23.7 Å². The van der Waals surface area contributed by atoms with Gasteiger partial charge in [0.25, 0.3) is 0 Å². The van der Waals surface area contributed by atoms with Crippen molar-refractivity contribution < 1.29 is 24.2 Å². The number of benzene rings is 2. The monoisotopic (exact) mass is 470 g/mol. The third kappa shape index (κ3) is 5.37. The van der Waals surface area contributed by atoms with Crippen LogP contribution in [0.2, 0.25) is 5.02 Å². The third-order valence-corrected chi connectivity index (χ3v) is 4.97. The Balaban J connectivity index is 2.16. The fourth-order valence-corrected chi connectivity index (χ4v) is 3.39. The Morgan fingerprint density at radius 3 is 2.43 bits per heavy atom. The molecule has 0 unspecified atom stereocenters. The van der Waals surface area contributed by atoms with Gasteiger partial charge in [0.1, 0.15) is 23.6 Å². The molecule has 0 aliphatic heterocycles. The Morgan fingerprint density at radius 2 is 1.89 bits per heavy atom. The van der Waals surface area contributed by atoms with Gasteiger partial charge < -0.3 is 25.6 Å². The van der Waals surface area contributed by atoms with E-state index in [1.165, 1.54) is 20.3 Å². The zero-order valence-corrected chi connectivity index (χ0v) is 17.6.